The van der Waals surface area contributed by atoms with Crippen LogP contribution in [0.15, 0.2) is 36.5 Å². The molecule has 1 fully saturated rings. The molecule has 4 rings (SSSR count). The molecule has 1 aliphatic heterocycles. The van der Waals surface area contributed by atoms with Crippen molar-refractivity contribution in [3.63, 3.8) is 0 Å². The topological polar surface area (TPSA) is 165 Å². The van der Waals surface area contributed by atoms with Crippen LogP contribution >= 0.6 is 0 Å². The SMILES string of the molecule is CC(=O)C(N)C1(C)COC(c2nc(-c3ccc(F)cc3)c(-c3ccnc(NCCC(=O)O)n3)[nH]2)OC1. The van der Waals surface area contributed by atoms with Crippen molar-refractivity contribution in [2.75, 3.05) is 25.1 Å². The molecule has 0 saturated carbocycles. The minimum absolute atomic E-state index is 0.0921. The number of carboxylic acid groups (broad SMARTS) is 1. The number of carbonyl (C=O) groups is 2. The summed E-state index contributed by atoms with van der Waals surface area (Å²) < 4.78 is 25.4. The second kappa shape index (κ2) is 10.5. The smallest absolute Gasteiger partial charge is 0.305 e. The molecule has 5 N–H and O–H groups in total. The van der Waals surface area contributed by atoms with E-state index in [1.54, 1.807) is 18.2 Å². The van der Waals surface area contributed by atoms with E-state index in [-0.39, 0.29) is 43.7 Å². The number of carbonyl (C=O) groups excluding carboxylic acids is 1. The summed E-state index contributed by atoms with van der Waals surface area (Å²) in [5.41, 5.74) is 7.48. The first-order valence-corrected chi connectivity index (χ1v) is 11.3. The third-order valence-corrected chi connectivity index (χ3v) is 5.91. The minimum atomic E-state index is -0.941. The number of nitrogens with two attached hydrogens (primary N) is 1. The van der Waals surface area contributed by atoms with Crippen LogP contribution in [0.2, 0.25) is 0 Å². The molecular formula is C24H27FN6O5. The van der Waals surface area contributed by atoms with E-state index in [0.717, 1.165) is 0 Å². The van der Waals surface area contributed by atoms with Gasteiger partial charge in [0.25, 0.3) is 0 Å². The Hall–Kier alpha value is -3.74. The van der Waals surface area contributed by atoms with E-state index in [1.807, 2.05) is 6.92 Å². The molecule has 0 spiro atoms. The van der Waals surface area contributed by atoms with Gasteiger partial charge in [0.15, 0.2) is 5.82 Å². The van der Waals surface area contributed by atoms with Gasteiger partial charge in [0.2, 0.25) is 12.2 Å². The third-order valence-electron chi connectivity index (χ3n) is 5.91. The van der Waals surface area contributed by atoms with Gasteiger partial charge < -0.3 is 30.6 Å². The lowest BCUT2D eigenvalue weighted by Gasteiger charge is -2.39. The minimum Gasteiger partial charge on any atom is -0.481 e. The van der Waals surface area contributed by atoms with Gasteiger partial charge in [0.1, 0.15) is 11.6 Å². The first kappa shape index (κ1) is 25.4. The van der Waals surface area contributed by atoms with Crippen LogP contribution in [0.25, 0.3) is 22.6 Å². The summed E-state index contributed by atoms with van der Waals surface area (Å²) in [5, 5.41) is 11.7. The Bertz CT molecular complexity index is 1240. The monoisotopic (exact) mass is 498 g/mol. The Balaban J connectivity index is 1.64. The number of H-pyrrole nitrogens is 1. The number of nitrogens with one attached hydrogen (secondary N) is 2. The van der Waals surface area contributed by atoms with Crippen LogP contribution in [0, 0.1) is 11.2 Å². The zero-order chi connectivity index (χ0) is 25.9. The van der Waals surface area contributed by atoms with Gasteiger partial charge in [0, 0.05) is 23.7 Å². The fraction of sp³-hybridized carbons (Fsp3) is 0.375. The summed E-state index contributed by atoms with van der Waals surface area (Å²) in [7, 11) is 0. The summed E-state index contributed by atoms with van der Waals surface area (Å²) >= 11 is 0. The molecule has 12 heteroatoms. The highest BCUT2D eigenvalue weighted by Crippen LogP contribution is 2.36. The Morgan fingerprint density at radius 1 is 1.25 bits per heavy atom. The number of carboxylic acids is 1. The molecule has 1 saturated heterocycles. The number of hydrogen-bond acceptors (Lipinski definition) is 9. The highest BCUT2D eigenvalue weighted by molar-refractivity contribution is 5.82. The van der Waals surface area contributed by atoms with Crippen LogP contribution in [0.1, 0.15) is 32.4 Å². The van der Waals surface area contributed by atoms with E-state index in [2.05, 4.69) is 25.3 Å². The number of ketones is 1. The van der Waals surface area contributed by atoms with Crippen molar-refractivity contribution in [3.05, 3.63) is 48.2 Å². The predicted molar refractivity (Wildman–Crippen MR) is 127 cm³/mol. The summed E-state index contributed by atoms with van der Waals surface area (Å²) in [6.07, 6.45) is 0.591. The van der Waals surface area contributed by atoms with Gasteiger partial charge in [-0.15, -0.1) is 0 Å². The Kier molecular flexibility index (Phi) is 7.38. The molecule has 1 atom stereocenters. The van der Waals surface area contributed by atoms with Gasteiger partial charge in [-0.1, -0.05) is 6.92 Å². The third kappa shape index (κ3) is 5.56. The van der Waals surface area contributed by atoms with E-state index in [1.165, 1.54) is 25.3 Å². The lowest BCUT2D eigenvalue weighted by molar-refractivity contribution is -0.236. The molecule has 190 valence electrons. The van der Waals surface area contributed by atoms with E-state index in [0.29, 0.717) is 28.5 Å². The number of imidazole rings is 1. The fourth-order valence-corrected chi connectivity index (χ4v) is 3.82. The van der Waals surface area contributed by atoms with E-state index < -0.39 is 23.7 Å². The lowest BCUT2D eigenvalue weighted by atomic mass is 9.82. The van der Waals surface area contributed by atoms with Crippen LogP contribution in [0.4, 0.5) is 10.3 Å². The first-order valence-electron chi connectivity index (χ1n) is 11.3. The molecule has 1 unspecified atom stereocenters. The van der Waals surface area contributed by atoms with Gasteiger partial charge in [0.05, 0.1) is 42.8 Å². The first-order chi connectivity index (χ1) is 17.2. The summed E-state index contributed by atoms with van der Waals surface area (Å²) in [6, 6.07) is 6.78. The van der Waals surface area contributed by atoms with Crippen LogP contribution in [0.5, 0.6) is 0 Å². The fourth-order valence-electron chi connectivity index (χ4n) is 3.82. The number of halogens is 1. The van der Waals surface area contributed by atoms with Crippen molar-refractivity contribution in [3.8, 4) is 22.6 Å². The van der Waals surface area contributed by atoms with Crippen molar-refractivity contribution in [2.45, 2.75) is 32.6 Å². The standard InChI is InChI=1S/C24H27FN6O5/c1-13(32)20(26)24(2)11-35-22(36-12-24)21-30-18(14-3-5-15(25)6-4-14)19(31-21)16-7-9-27-23(29-16)28-10-8-17(33)34/h3-7,9,20,22H,8,10-12,26H2,1-2H3,(H,30,31)(H,33,34)(H,27,28,29). The number of aromatic amines is 1. The van der Waals surface area contributed by atoms with Gasteiger partial charge >= 0.3 is 5.97 Å². The van der Waals surface area contributed by atoms with Crippen LogP contribution in [-0.4, -0.2) is 62.6 Å². The Morgan fingerprint density at radius 2 is 1.94 bits per heavy atom. The summed E-state index contributed by atoms with van der Waals surface area (Å²) in [6.45, 7) is 3.79. The van der Waals surface area contributed by atoms with Crippen LogP contribution in [-0.2, 0) is 19.1 Å². The molecule has 11 nitrogen and oxygen atoms in total. The second-order valence-electron chi connectivity index (χ2n) is 8.88. The second-order valence-corrected chi connectivity index (χ2v) is 8.88. The molecule has 0 bridgehead atoms. The van der Waals surface area contributed by atoms with E-state index in [9.17, 15) is 14.0 Å². The van der Waals surface area contributed by atoms with Gasteiger partial charge in [-0.3, -0.25) is 9.59 Å². The molecule has 3 aromatic rings. The van der Waals surface area contributed by atoms with Gasteiger partial charge in [-0.2, -0.15) is 0 Å². The number of benzene rings is 1. The zero-order valence-corrected chi connectivity index (χ0v) is 19.8. The van der Waals surface area contributed by atoms with Crippen molar-refractivity contribution in [1.29, 1.82) is 0 Å². The van der Waals surface area contributed by atoms with E-state index >= 15 is 0 Å². The van der Waals surface area contributed by atoms with Crippen LogP contribution < -0.4 is 11.1 Å². The number of ether oxygens (including phenoxy) is 2. The molecule has 2 aromatic heterocycles. The van der Waals surface area contributed by atoms with Crippen molar-refractivity contribution < 1.29 is 28.6 Å². The number of rotatable bonds is 9. The number of aromatic nitrogens is 4. The normalized spacial score (nSPS) is 20.6. The zero-order valence-electron chi connectivity index (χ0n) is 19.8. The Morgan fingerprint density at radius 3 is 2.58 bits per heavy atom. The average Bonchev–Trinajstić information content (AvgIpc) is 3.30. The summed E-state index contributed by atoms with van der Waals surface area (Å²) in [4.78, 5) is 39.1. The lowest BCUT2D eigenvalue weighted by Crippen LogP contribution is -2.52. The summed E-state index contributed by atoms with van der Waals surface area (Å²) in [5.74, 6) is -0.874. The molecular weight excluding hydrogens is 471 g/mol. The highest BCUT2D eigenvalue weighted by atomic mass is 19.1. The number of aliphatic carboxylic acids is 1. The molecule has 36 heavy (non-hydrogen) atoms. The predicted octanol–water partition coefficient (Wildman–Crippen LogP) is 2.53. The molecule has 1 aromatic carbocycles. The van der Waals surface area contributed by atoms with Crippen LogP contribution in [0.3, 0.4) is 0 Å². The Labute approximate surface area is 206 Å². The molecule has 3 heterocycles. The number of Topliss-reactive ketones (excluding diaryl/α,β-unsaturated/α-hetero) is 1. The van der Waals surface area contributed by atoms with Crippen molar-refractivity contribution >= 4 is 17.7 Å². The quantitative estimate of drug-likeness (QED) is 0.344. The number of nitrogens with zero attached hydrogens (tertiary/aromatic N) is 3. The largest absolute Gasteiger partial charge is 0.481 e. The molecule has 0 amide bonds. The maximum atomic E-state index is 13.6. The molecule has 1 aliphatic rings. The van der Waals surface area contributed by atoms with Crippen molar-refractivity contribution in [1.82, 2.24) is 19.9 Å². The van der Waals surface area contributed by atoms with E-state index in [4.69, 9.17) is 20.3 Å². The number of anilines is 1. The average molecular weight is 499 g/mol. The number of hydrogen-bond donors (Lipinski definition) is 4. The van der Waals surface area contributed by atoms with Gasteiger partial charge in [-0.05, 0) is 37.3 Å². The van der Waals surface area contributed by atoms with Crippen molar-refractivity contribution in [2.24, 2.45) is 11.1 Å². The maximum Gasteiger partial charge on any atom is 0.305 e. The maximum absolute atomic E-state index is 13.6. The highest BCUT2D eigenvalue weighted by Gasteiger charge is 2.41. The van der Waals surface area contributed by atoms with Gasteiger partial charge in [-0.25, -0.2) is 19.3 Å². The molecule has 0 aliphatic carbocycles. The molecule has 0 radical (unpaired) electrons.